The number of benzene rings is 2. The van der Waals surface area contributed by atoms with E-state index >= 15 is 0 Å². The number of hydrogen-bond acceptors (Lipinski definition) is 5. The molecule has 0 saturated heterocycles. The summed E-state index contributed by atoms with van der Waals surface area (Å²) in [6, 6.07) is 16.0. The fourth-order valence-corrected chi connectivity index (χ4v) is 3.74. The second-order valence-electron chi connectivity index (χ2n) is 6.24. The summed E-state index contributed by atoms with van der Waals surface area (Å²) in [5, 5.41) is 8.99. The number of carbonyl (C=O) groups excluding carboxylic acids is 1. The number of nitrogens with zero attached hydrogens (tertiary/aromatic N) is 2. The molecule has 3 aromatic rings. The highest BCUT2D eigenvalue weighted by Crippen LogP contribution is 2.26. The van der Waals surface area contributed by atoms with Crippen molar-refractivity contribution in [2.75, 3.05) is 28.6 Å². The van der Waals surface area contributed by atoms with Gasteiger partial charge < -0.3 is 15.5 Å². The summed E-state index contributed by atoms with van der Waals surface area (Å²) in [6.07, 6.45) is 3.93. The highest BCUT2D eigenvalue weighted by Gasteiger charge is 2.18. The van der Waals surface area contributed by atoms with Crippen molar-refractivity contribution >= 4 is 39.4 Å². The fourth-order valence-electron chi connectivity index (χ4n) is 3.20. The Morgan fingerprint density at radius 3 is 2.73 bits per heavy atom. The number of hydrogen-bond donors (Lipinski definition) is 2. The van der Waals surface area contributed by atoms with Gasteiger partial charge in [0.25, 0.3) is 0 Å². The van der Waals surface area contributed by atoms with E-state index in [1.165, 1.54) is 11.3 Å². The zero-order chi connectivity index (χ0) is 17.8. The lowest BCUT2D eigenvalue weighted by Crippen LogP contribution is -2.36. The van der Waals surface area contributed by atoms with Gasteiger partial charge in [-0.3, -0.25) is 4.79 Å². The van der Waals surface area contributed by atoms with Crippen LogP contribution in [0.1, 0.15) is 12.0 Å². The third-order valence-corrected chi connectivity index (χ3v) is 5.08. The molecule has 0 atom stereocenters. The molecule has 0 saturated carbocycles. The molecule has 26 heavy (non-hydrogen) atoms. The van der Waals surface area contributed by atoms with Crippen LogP contribution in [0.2, 0.25) is 0 Å². The van der Waals surface area contributed by atoms with E-state index in [0.717, 1.165) is 35.9 Å². The van der Waals surface area contributed by atoms with Gasteiger partial charge in [-0.1, -0.05) is 18.2 Å². The van der Waals surface area contributed by atoms with Crippen LogP contribution in [0.3, 0.4) is 0 Å². The van der Waals surface area contributed by atoms with E-state index in [2.05, 4.69) is 38.7 Å². The van der Waals surface area contributed by atoms with E-state index in [-0.39, 0.29) is 5.91 Å². The second-order valence-corrected chi connectivity index (χ2v) is 7.14. The molecule has 0 bridgehead atoms. The van der Waals surface area contributed by atoms with E-state index in [1.54, 1.807) is 17.5 Å². The van der Waals surface area contributed by atoms with Crippen molar-refractivity contribution in [3.05, 3.63) is 65.7 Å². The van der Waals surface area contributed by atoms with Gasteiger partial charge in [0, 0.05) is 35.2 Å². The van der Waals surface area contributed by atoms with Crippen LogP contribution in [-0.4, -0.2) is 24.0 Å². The van der Waals surface area contributed by atoms with Gasteiger partial charge in [-0.2, -0.15) is 0 Å². The van der Waals surface area contributed by atoms with E-state index in [1.807, 2.05) is 35.7 Å². The van der Waals surface area contributed by atoms with Gasteiger partial charge in [-0.15, -0.1) is 11.3 Å². The molecule has 0 spiro atoms. The first-order valence-electron chi connectivity index (χ1n) is 8.67. The summed E-state index contributed by atoms with van der Waals surface area (Å²) in [6.45, 7) is 1.29. The molecule has 1 aromatic heterocycles. The van der Waals surface area contributed by atoms with Gasteiger partial charge in [0.2, 0.25) is 5.91 Å². The Bertz CT molecular complexity index is 877. The van der Waals surface area contributed by atoms with Crippen LogP contribution < -0.4 is 15.5 Å². The molecular formula is C20H20N4OS. The van der Waals surface area contributed by atoms with Crippen molar-refractivity contribution < 1.29 is 4.79 Å². The molecule has 2 aromatic carbocycles. The molecule has 4 rings (SSSR count). The molecule has 0 radical (unpaired) electrons. The van der Waals surface area contributed by atoms with Crippen molar-refractivity contribution in [3.63, 3.8) is 0 Å². The molecule has 1 aliphatic rings. The third-order valence-electron chi connectivity index (χ3n) is 4.39. The monoisotopic (exact) mass is 364 g/mol. The Labute approximate surface area is 156 Å². The molecule has 5 nitrogen and oxygen atoms in total. The zero-order valence-corrected chi connectivity index (χ0v) is 15.1. The molecule has 1 amide bonds. The Hall–Kier alpha value is -2.86. The number of aromatic nitrogens is 1. The second kappa shape index (κ2) is 7.58. The molecule has 2 heterocycles. The van der Waals surface area contributed by atoms with Crippen molar-refractivity contribution in [2.24, 2.45) is 0 Å². The first kappa shape index (κ1) is 16.6. The Morgan fingerprint density at radius 1 is 1.12 bits per heavy atom. The lowest BCUT2D eigenvalue weighted by atomic mass is 10.0. The molecule has 132 valence electrons. The van der Waals surface area contributed by atoms with Crippen molar-refractivity contribution in [3.8, 4) is 0 Å². The molecule has 0 unspecified atom stereocenters. The average molecular weight is 364 g/mol. The topological polar surface area (TPSA) is 57.3 Å². The minimum atomic E-state index is 0.00216. The lowest BCUT2D eigenvalue weighted by molar-refractivity contribution is -0.115. The standard InChI is InChI=1S/C20H20N4OS/c25-19(14-24-12-3-5-15-4-1-2-6-18(15)24)22-16-7-9-17(10-8-16)23-20-21-11-13-26-20/h1-2,4,6-11,13H,3,5,12,14H2,(H,21,23)(H,22,25). The number of aryl methyl sites for hydroxylation is 1. The van der Waals surface area contributed by atoms with E-state index in [4.69, 9.17) is 0 Å². The SMILES string of the molecule is O=C(CN1CCCc2ccccc21)Nc1ccc(Nc2nccs2)cc1. The summed E-state index contributed by atoms with van der Waals surface area (Å²) >= 11 is 1.55. The largest absolute Gasteiger partial charge is 0.362 e. The summed E-state index contributed by atoms with van der Waals surface area (Å²) in [5.41, 5.74) is 4.24. The number of para-hydroxylation sites is 1. The van der Waals surface area contributed by atoms with Gasteiger partial charge in [-0.25, -0.2) is 4.98 Å². The minimum Gasteiger partial charge on any atom is -0.362 e. The van der Waals surface area contributed by atoms with Crippen LogP contribution in [0.5, 0.6) is 0 Å². The predicted octanol–water partition coefficient (Wildman–Crippen LogP) is 4.28. The Kier molecular flexibility index (Phi) is 4.84. The van der Waals surface area contributed by atoms with Gasteiger partial charge in [0.05, 0.1) is 6.54 Å². The van der Waals surface area contributed by atoms with E-state index < -0.39 is 0 Å². The van der Waals surface area contributed by atoms with Crippen molar-refractivity contribution in [1.29, 1.82) is 0 Å². The summed E-state index contributed by atoms with van der Waals surface area (Å²) in [7, 11) is 0. The van der Waals surface area contributed by atoms with Crippen molar-refractivity contribution in [2.45, 2.75) is 12.8 Å². The first-order valence-corrected chi connectivity index (χ1v) is 9.55. The fraction of sp³-hybridized carbons (Fsp3) is 0.200. The number of nitrogens with one attached hydrogen (secondary N) is 2. The lowest BCUT2D eigenvalue weighted by Gasteiger charge is -2.30. The van der Waals surface area contributed by atoms with E-state index in [9.17, 15) is 4.79 Å². The van der Waals surface area contributed by atoms with Crippen LogP contribution in [0.15, 0.2) is 60.1 Å². The van der Waals surface area contributed by atoms with Crippen molar-refractivity contribution in [1.82, 2.24) is 4.98 Å². The highest BCUT2D eigenvalue weighted by atomic mass is 32.1. The molecule has 0 fully saturated rings. The van der Waals surface area contributed by atoms with E-state index in [0.29, 0.717) is 6.54 Å². The molecule has 1 aliphatic heterocycles. The van der Waals surface area contributed by atoms with Crippen LogP contribution >= 0.6 is 11.3 Å². The molecular weight excluding hydrogens is 344 g/mol. The summed E-state index contributed by atoms with van der Waals surface area (Å²) in [5.74, 6) is 0.00216. The van der Waals surface area contributed by atoms with Crippen LogP contribution in [0.25, 0.3) is 0 Å². The predicted molar refractivity (Wildman–Crippen MR) is 107 cm³/mol. The van der Waals surface area contributed by atoms with Gasteiger partial charge in [0.15, 0.2) is 5.13 Å². The number of fused-ring (bicyclic) bond motifs is 1. The quantitative estimate of drug-likeness (QED) is 0.709. The summed E-state index contributed by atoms with van der Waals surface area (Å²) in [4.78, 5) is 18.8. The maximum absolute atomic E-state index is 12.5. The minimum absolute atomic E-state index is 0.00216. The zero-order valence-electron chi connectivity index (χ0n) is 14.3. The van der Waals surface area contributed by atoms with Crippen LogP contribution in [0, 0.1) is 0 Å². The number of carbonyl (C=O) groups is 1. The Balaban J connectivity index is 1.36. The number of thiazole rings is 1. The number of anilines is 4. The highest BCUT2D eigenvalue weighted by molar-refractivity contribution is 7.13. The first-order chi connectivity index (χ1) is 12.8. The number of rotatable bonds is 5. The number of amides is 1. The smallest absolute Gasteiger partial charge is 0.243 e. The maximum Gasteiger partial charge on any atom is 0.243 e. The maximum atomic E-state index is 12.5. The normalized spacial score (nSPS) is 13.2. The third kappa shape index (κ3) is 3.86. The summed E-state index contributed by atoms with van der Waals surface area (Å²) < 4.78 is 0. The Morgan fingerprint density at radius 2 is 1.92 bits per heavy atom. The van der Waals surface area contributed by atoms with Crippen LogP contribution in [0.4, 0.5) is 22.2 Å². The molecule has 2 N–H and O–H groups in total. The van der Waals surface area contributed by atoms with Gasteiger partial charge in [-0.05, 0) is 48.7 Å². The molecule has 0 aliphatic carbocycles. The van der Waals surface area contributed by atoms with Gasteiger partial charge >= 0.3 is 0 Å². The molecule has 6 heteroatoms. The van der Waals surface area contributed by atoms with Gasteiger partial charge in [0.1, 0.15) is 0 Å². The van der Waals surface area contributed by atoms with Crippen LogP contribution in [-0.2, 0) is 11.2 Å². The average Bonchev–Trinajstić information content (AvgIpc) is 3.17.